The third-order valence-corrected chi connectivity index (χ3v) is 5.96. The van der Waals surface area contributed by atoms with Crippen molar-refractivity contribution in [1.82, 2.24) is 14.9 Å². The van der Waals surface area contributed by atoms with Crippen LogP contribution in [0.4, 0.5) is 5.82 Å². The van der Waals surface area contributed by atoms with Crippen LogP contribution in [0.3, 0.4) is 0 Å². The van der Waals surface area contributed by atoms with Crippen molar-refractivity contribution in [1.29, 1.82) is 0 Å². The second-order valence-corrected chi connectivity index (χ2v) is 8.68. The monoisotopic (exact) mass is 436 g/mol. The lowest BCUT2D eigenvalue weighted by atomic mass is 10.0. The Bertz CT molecular complexity index is 1000. The molecule has 1 saturated heterocycles. The van der Waals surface area contributed by atoms with Crippen molar-refractivity contribution < 1.29 is 5.11 Å². The molecule has 162 valence electrons. The maximum Gasteiger partial charge on any atom is 0.161 e. The summed E-state index contributed by atoms with van der Waals surface area (Å²) in [6, 6.07) is 18.1. The molecule has 0 aliphatic carbocycles. The minimum absolute atomic E-state index is 0.307. The average molecular weight is 437 g/mol. The van der Waals surface area contributed by atoms with Crippen LogP contribution in [0.25, 0.3) is 11.4 Å². The molecule has 0 saturated carbocycles. The van der Waals surface area contributed by atoms with Crippen LogP contribution in [0.2, 0.25) is 5.02 Å². The van der Waals surface area contributed by atoms with Gasteiger partial charge in [0.05, 0.1) is 6.10 Å². The van der Waals surface area contributed by atoms with E-state index in [2.05, 4.69) is 41.0 Å². The number of aryl methyl sites for hydroxylation is 1. The highest BCUT2D eigenvalue weighted by Crippen LogP contribution is 2.28. The lowest BCUT2D eigenvalue weighted by Gasteiger charge is -2.37. The summed E-state index contributed by atoms with van der Waals surface area (Å²) in [6.07, 6.45) is 0.458. The van der Waals surface area contributed by atoms with Crippen molar-refractivity contribution >= 4 is 17.4 Å². The third-order valence-electron chi connectivity index (χ3n) is 5.71. The molecule has 0 radical (unpaired) electrons. The van der Waals surface area contributed by atoms with E-state index in [-0.39, 0.29) is 6.10 Å². The van der Waals surface area contributed by atoms with Crippen LogP contribution in [0, 0.1) is 6.92 Å². The minimum atomic E-state index is -0.307. The maximum atomic E-state index is 9.73. The van der Waals surface area contributed by atoms with E-state index in [4.69, 9.17) is 21.6 Å². The lowest BCUT2D eigenvalue weighted by Crippen LogP contribution is -2.48. The zero-order valence-electron chi connectivity index (χ0n) is 18.1. The molecule has 31 heavy (non-hydrogen) atoms. The zero-order valence-corrected chi connectivity index (χ0v) is 18.9. The number of anilines is 1. The summed E-state index contributed by atoms with van der Waals surface area (Å²) >= 11 is 6.08. The van der Waals surface area contributed by atoms with Gasteiger partial charge in [0.2, 0.25) is 0 Å². The molecule has 0 bridgehead atoms. The van der Waals surface area contributed by atoms with E-state index in [0.717, 1.165) is 66.1 Å². The van der Waals surface area contributed by atoms with Gasteiger partial charge in [-0.1, -0.05) is 54.1 Å². The number of halogens is 1. The molecule has 2 aromatic carbocycles. The van der Waals surface area contributed by atoms with E-state index >= 15 is 0 Å². The lowest BCUT2D eigenvalue weighted by molar-refractivity contribution is 0.122. The number of aromatic nitrogens is 2. The molecule has 3 aromatic rings. The van der Waals surface area contributed by atoms with Gasteiger partial charge < -0.3 is 10.0 Å². The highest BCUT2D eigenvalue weighted by atomic mass is 35.5. The summed E-state index contributed by atoms with van der Waals surface area (Å²) < 4.78 is 0. The summed E-state index contributed by atoms with van der Waals surface area (Å²) in [5.74, 6) is 1.78. The zero-order chi connectivity index (χ0) is 21.8. The van der Waals surface area contributed by atoms with Gasteiger partial charge in [0.25, 0.3) is 0 Å². The number of rotatable bonds is 6. The topological polar surface area (TPSA) is 52.5 Å². The molecule has 1 N–H and O–H groups in total. The Hall–Kier alpha value is -2.47. The first-order chi connectivity index (χ1) is 15.0. The summed E-state index contributed by atoms with van der Waals surface area (Å²) in [5.41, 5.74) is 4.38. The van der Waals surface area contributed by atoms with Gasteiger partial charge in [-0.2, -0.15) is 0 Å². The third kappa shape index (κ3) is 5.42. The molecule has 1 atom stereocenters. The fraction of sp³-hybridized carbons (Fsp3) is 0.360. The van der Waals surface area contributed by atoms with E-state index in [1.54, 1.807) is 0 Å². The SMILES string of the molecule is Cc1nc(-c2ccccc2)nc(N2CCN(C[C@H](C)O)CC2)c1Cc1ccc(Cl)cc1. The first kappa shape index (κ1) is 21.8. The van der Waals surface area contributed by atoms with Gasteiger partial charge in [-0.3, -0.25) is 4.90 Å². The molecule has 0 spiro atoms. The van der Waals surface area contributed by atoms with Gasteiger partial charge >= 0.3 is 0 Å². The van der Waals surface area contributed by atoms with Crippen LogP contribution >= 0.6 is 11.6 Å². The van der Waals surface area contributed by atoms with Gasteiger partial charge in [0.15, 0.2) is 5.82 Å². The van der Waals surface area contributed by atoms with Crippen LogP contribution in [0.1, 0.15) is 23.7 Å². The first-order valence-electron chi connectivity index (χ1n) is 10.8. The molecule has 5 nitrogen and oxygen atoms in total. The van der Waals surface area contributed by atoms with Gasteiger partial charge in [-0.05, 0) is 31.5 Å². The van der Waals surface area contributed by atoms with Crippen LogP contribution in [0.15, 0.2) is 54.6 Å². The Kier molecular flexibility index (Phi) is 6.86. The van der Waals surface area contributed by atoms with E-state index in [9.17, 15) is 5.11 Å². The quantitative estimate of drug-likeness (QED) is 0.627. The van der Waals surface area contributed by atoms with Crippen LogP contribution in [0.5, 0.6) is 0 Å². The molecule has 4 rings (SSSR count). The predicted molar refractivity (Wildman–Crippen MR) is 127 cm³/mol. The molecular formula is C25H29ClN4O. The van der Waals surface area contributed by atoms with Crippen molar-refractivity contribution in [3.05, 3.63) is 76.4 Å². The predicted octanol–water partition coefficient (Wildman–Crippen LogP) is 4.20. The van der Waals surface area contributed by atoms with Crippen LogP contribution in [-0.2, 0) is 6.42 Å². The number of β-amino-alcohol motifs (C(OH)–C–C–N with tert-alkyl or cyclic N) is 1. The highest BCUT2D eigenvalue weighted by Gasteiger charge is 2.23. The smallest absolute Gasteiger partial charge is 0.161 e. The Morgan fingerprint density at radius 2 is 1.65 bits per heavy atom. The summed E-state index contributed by atoms with van der Waals surface area (Å²) in [6.45, 7) is 8.21. The number of hydrogen-bond donors (Lipinski definition) is 1. The number of hydrogen-bond acceptors (Lipinski definition) is 5. The minimum Gasteiger partial charge on any atom is -0.392 e. The summed E-state index contributed by atoms with van der Waals surface area (Å²) in [7, 11) is 0. The van der Waals surface area contributed by atoms with Crippen molar-refractivity contribution in [2.45, 2.75) is 26.4 Å². The molecule has 1 aliphatic rings. The molecular weight excluding hydrogens is 408 g/mol. The standard InChI is InChI=1S/C25H29ClN4O/c1-18(31)17-29-12-14-30(15-13-29)25-23(16-20-8-10-22(26)11-9-20)19(2)27-24(28-25)21-6-4-3-5-7-21/h3-11,18,31H,12-17H2,1-2H3/t18-/m0/s1. The summed E-state index contributed by atoms with van der Waals surface area (Å²) in [5, 5.41) is 10.5. The Morgan fingerprint density at radius 1 is 0.968 bits per heavy atom. The average Bonchev–Trinajstić information content (AvgIpc) is 2.77. The summed E-state index contributed by atoms with van der Waals surface area (Å²) in [4.78, 5) is 14.6. The Morgan fingerprint density at radius 3 is 2.29 bits per heavy atom. The second kappa shape index (κ2) is 9.77. The Labute approximate surface area is 189 Å². The second-order valence-electron chi connectivity index (χ2n) is 8.24. The Balaban J connectivity index is 1.67. The number of nitrogens with zero attached hydrogens (tertiary/aromatic N) is 4. The normalized spacial score (nSPS) is 15.8. The largest absolute Gasteiger partial charge is 0.392 e. The van der Waals surface area contributed by atoms with Gasteiger partial charge in [0, 0.05) is 61.0 Å². The number of benzene rings is 2. The van der Waals surface area contributed by atoms with E-state index < -0.39 is 0 Å². The number of aliphatic hydroxyl groups excluding tert-OH is 1. The molecule has 1 aliphatic heterocycles. The van der Waals surface area contributed by atoms with E-state index in [1.807, 2.05) is 37.3 Å². The fourth-order valence-corrected chi connectivity index (χ4v) is 4.21. The van der Waals surface area contributed by atoms with Gasteiger partial charge in [0.1, 0.15) is 5.82 Å². The molecule has 1 fully saturated rings. The molecule has 6 heteroatoms. The molecule has 1 aromatic heterocycles. The molecule has 0 amide bonds. The first-order valence-corrected chi connectivity index (χ1v) is 11.2. The van der Waals surface area contributed by atoms with Crippen LogP contribution in [-0.4, -0.2) is 58.8 Å². The fourth-order valence-electron chi connectivity index (χ4n) is 4.09. The highest BCUT2D eigenvalue weighted by molar-refractivity contribution is 6.30. The maximum absolute atomic E-state index is 9.73. The number of aliphatic hydroxyl groups is 1. The van der Waals surface area contributed by atoms with Crippen molar-refractivity contribution in [3.63, 3.8) is 0 Å². The van der Waals surface area contributed by atoms with Crippen molar-refractivity contribution in [2.24, 2.45) is 0 Å². The van der Waals surface area contributed by atoms with E-state index in [1.165, 1.54) is 5.56 Å². The molecule has 0 unspecified atom stereocenters. The van der Waals surface area contributed by atoms with Gasteiger partial charge in [-0.25, -0.2) is 9.97 Å². The van der Waals surface area contributed by atoms with Crippen LogP contribution < -0.4 is 4.90 Å². The van der Waals surface area contributed by atoms with Crippen molar-refractivity contribution in [3.8, 4) is 11.4 Å². The van der Waals surface area contributed by atoms with Crippen molar-refractivity contribution in [2.75, 3.05) is 37.6 Å². The van der Waals surface area contributed by atoms with E-state index in [0.29, 0.717) is 6.54 Å². The number of piperazine rings is 1. The van der Waals surface area contributed by atoms with Gasteiger partial charge in [-0.15, -0.1) is 0 Å². The molecule has 2 heterocycles.